The molecule has 0 unspecified atom stereocenters. The molecule has 0 fully saturated rings. The van der Waals surface area contributed by atoms with Gasteiger partial charge in [0, 0.05) is 16.9 Å². The summed E-state index contributed by atoms with van der Waals surface area (Å²) in [6.45, 7) is 5.13. The molecule has 1 aromatic carbocycles. The summed E-state index contributed by atoms with van der Waals surface area (Å²) in [5.74, 6) is 0.702. The number of rotatable bonds is 5. The quantitative estimate of drug-likeness (QED) is 0.647. The molecule has 0 aliphatic carbocycles. The molecule has 0 bridgehead atoms. The molecule has 0 saturated heterocycles. The summed E-state index contributed by atoms with van der Waals surface area (Å²) >= 11 is 1.51. The number of thiophene rings is 1. The molecule has 1 amide bonds. The van der Waals surface area contributed by atoms with Gasteiger partial charge in [-0.2, -0.15) is 0 Å². The molecule has 3 N–H and O–H groups in total. The summed E-state index contributed by atoms with van der Waals surface area (Å²) in [6.07, 6.45) is 2.17. The second-order valence-corrected chi connectivity index (χ2v) is 6.28. The van der Waals surface area contributed by atoms with Crippen LogP contribution in [-0.4, -0.2) is 12.5 Å². The van der Waals surface area contributed by atoms with Crippen molar-refractivity contribution in [2.24, 2.45) is 5.92 Å². The average molecular weight is 276 g/mol. The summed E-state index contributed by atoms with van der Waals surface area (Å²) in [6, 6.07) is 7.64. The SMILES string of the molecule is CC(C)CCCNC(=O)c1cc2cc(N)ccc2s1. The smallest absolute Gasteiger partial charge is 0.261 e. The fraction of sp³-hybridized carbons (Fsp3) is 0.400. The molecule has 0 saturated carbocycles. The van der Waals surface area contributed by atoms with Gasteiger partial charge in [0.05, 0.1) is 4.88 Å². The van der Waals surface area contributed by atoms with E-state index in [0.29, 0.717) is 5.92 Å². The van der Waals surface area contributed by atoms with Crippen molar-refractivity contribution in [2.75, 3.05) is 12.3 Å². The van der Waals surface area contributed by atoms with E-state index in [-0.39, 0.29) is 5.91 Å². The van der Waals surface area contributed by atoms with Gasteiger partial charge in [-0.1, -0.05) is 13.8 Å². The molecule has 0 atom stereocenters. The normalized spacial score (nSPS) is 11.1. The van der Waals surface area contributed by atoms with Crippen LogP contribution >= 0.6 is 11.3 Å². The molecular weight excluding hydrogens is 256 g/mol. The lowest BCUT2D eigenvalue weighted by Gasteiger charge is -2.05. The average Bonchev–Trinajstić information content (AvgIpc) is 2.77. The molecule has 0 radical (unpaired) electrons. The molecular formula is C15H20N2OS. The van der Waals surface area contributed by atoms with E-state index in [0.717, 1.165) is 40.0 Å². The second-order valence-electron chi connectivity index (χ2n) is 5.20. The lowest BCUT2D eigenvalue weighted by molar-refractivity contribution is 0.0956. The van der Waals surface area contributed by atoms with Crippen LogP contribution in [0.4, 0.5) is 5.69 Å². The number of nitrogens with one attached hydrogen (secondary N) is 1. The molecule has 0 aliphatic rings. The van der Waals surface area contributed by atoms with Crippen LogP contribution in [-0.2, 0) is 0 Å². The summed E-state index contributed by atoms with van der Waals surface area (Å²) in [4.78, 5) is 12.8. The van der Waals surface area contributed by atoms with E-state index in [4.69, 9.17) is 5.73 Å². The Balaban J connectivity index is 1.97. The Morgan fingerprint density at radius 2 is 2.16 bits per heavy atom. The van der Waals surface area contributed by atoms with Crippen molar-refractivity contribution < 1.29 is 4.79 Å². The van der Waals surface area contributed by atoms with Crippen molar-refractivity contribution in [1.82, 2.24) is 5.32 Å². The van der Waals surface area contributed by atoms with Crippen LogP contribution < -0.4 is 11.1 Å². The van der Waals surface area contributed by atoms with Gasteiger partial charge in [-0.3, -0.25) is 4.79 Å². The molecule has 4 heteroatoms. The van der Waals surface area contributed by atoms with Gasteiger partial charge in [-0.05, 0) is 48.4 Å². The number of fused-ring (bicyclic) bond motifs is 1. The zero-order valence-corrected chi connectivity index (χ0v) is 12.2. The van der Waals surface area contributed by atoms with Gasteiger partial charge in [-0.15, -0.1) is 11.3 Å². The Kier molecular flexibility index (Phi) is 4.43. The zero-order chi connectivity index (χ0) is 13.8. The van der Waals surface area contributed by atoms with Crippen LogP contribution in [0.15, 0.2) is 24.3 Å². The van der Waals surface area contributed by atoms with Gasteiger partial charge >= 0.3 is 0 Å². The second kappa shape index (κ2) is 6.06. The van der Waals surface area contributed by atoms with Crippen molar-refractivity contribution in [2.45, 2.75) is 26.7 Å². The number of carbonyl (C=O) groups excluding carboxylic acids is 1. The summed E-state index contributed by atoms with van der Waals surface area (Å²) in [5.41, 5.74) is 6.47. The van der Waals surface area contributed by atoms with Crippen LogP contribution in [0, 0.1) is 5.92 Å². The van der Waals surface area contributed by atoms with Gasteiger partial charge in [0.25, 0.3) is 5.91 Å². The number of nitrogens with two attached hydrogens (primary N) is 1. The van der Waals surface area contributed by atoms with Crippen LogP contribution in [0.5, 0.6) is 0 Å². The Hall–Kier alpha value is -1.55. The van der Waals surface area contributed by atoms with E-state index in [2.05, 4.69) is 19.2 Å². The molecule has 3 nitrogen and oxygen atoms in total. The lowest BCUT2D eigenvalue weighted by atomic mass is 10.1. The lowest BCUT2D eigenvalue weighted by Crippen LogP contribution is -2.23. The van der Waals surface area contributed by atoms with Crippen LogP contribution in [0.1, 0.15) is 36.4 Å². The first kappa shape index (κ1) is 13.9. The molecule has 2 rings (SSSR count). The fourth-order valence-corrected chi connectivity index (χ4v) is 2.93. The minimum Gasteiger partial charge on any atom is -0.399 e. The molecule has 19 heavy (non-hydrogen) atoms. The Labute approximate surface area is 117 Å². The summed E-state index contributed by atoms with van der Waals surface area (Å²) < 4.78 is 1.10. The highest BCUT2D eigenvalue weighted by Crippen LogP contribution is 2.27. The zero-order valence-electron chi connectivity index (χ0n) is 11.4. The first-order chi connectivity index (χ1) is 9.06. The van der Waals surface area contributed by atoms with E-state index in [1.807, 2.05) is 24.3 Å². The summed E-state index contributed by atoms with van der Waals surface area (Å²) in [5, 5.41) is 4.01. The molecule has 1 aromatic heterocycles. The molecule has 1 heterocycles. The van der Waals surface area contributed by atoms with E-state index >= 15 is 0 Å². The van der Waals surface area contributed by atoms with E-state index in [1.165, 1.54) is 11.3 Å². The van der Waals surface area contributed by atoms with Crippen molar-refractivity contribution in [3.05, 3.63) is 29.1 Å². The van der Waals surface area contributed by atoms with Crippen molar-refractivity contribution in [1.29, 1.82) is 0 Å². The number of hydrogen-bond acceptors (Lipinski definition) is 3. The Morgan fingerprint density at radius 3 is 2.89 bits per heavy atom. The summed E-state index contributed by atoms with van der Waals surface area (Å²) in [7, 11) is 0. The highest BCUT2D eigenvalue weighted by Gasteiger charge is 2.09. The van der Waals surface area contributed by atoms with E-state index < -0.39 is 0 Å². The van der Waals surface area contributed by atoms with Crippen LogP contribution in [0.25, 0.3) is 10.1 Å². The number of amides is 1. The molecule has 0 aliphatic heterocycles. The Bertz CT molecular complexity index is 575. The maximum Gasteiger partial charge on any atom is 0.261 e. The highest BCUT2D eigenvalue weighted by atomic mass is 32.1. The molecule has 2 aromatic rings. The largest absolute Gasteiger partial charge is 0.399 e. The monoisotopic (exact) mass is 276 g/mol. The van der Waals surface area contributed by atoms with E-state index in [1.54, 1.807) is 0 Å². The topological polar surface area (TPSA) is 55.1 Å². The predicted octanol–water partition coefficient (Wildman–Crippen LogP) is 3.65. The minimum absolute atomic E-state index is 0.0172. The van der Waals surface area contributed by atoms with Crippen molar-refractivity contribution >= 4 is 33.0 Å². The number of nitrogen functional groups attached to an aromatic ring is 1. The predicted molar refractivity (Wildman–Crippen MR) is 82.6 cm³/mol. The van der Waals surface area contributed by atoms with Crippen molar-refractivity contribution in [3.63, 3.8) is 0 Å². The van der Waals surface area contributed by atoms with E-state index in [9.17, 15) is 4.79 Å². The molecule has 102 valence electrons. The van der Waals surface area contributed by atoms with Crippen molar-refractivity contribution in [3.8, 4) is 0 Å². The first-order valence-electron chi connectivity index (χ1n) is 6.63. The van der Waals surface area contributed by atoms with Crippen LogP contribution in [0.3, 0.4) is 0 Å². The number of anilines is 1. The Morgan fingerprint density at radius 1 is 1.37 bits per heavy atom. The standard InChI is InChI=1S/C15H20N2OS/c1-10(2)4-3-7-17-15(18)14-9-11-8-12(16)5-6-13(11)19-14/h5-6,8-10H,3-4,7,16H2,1-2H3,(H,17,18). The fourth-order valence-electron chi connectivity index (χ4n) is 1.97. The third-order valence-corrected chi connectivity index (χ3v) is 4.12. The van der Waals surface area contributed by atoms with Gasteiger partial charge in [0.15, 0.2) is 0 Å². The molecule has 0 spiro atoms. The minimum atomic E-state index is 0.0172. The maximum absolute atomic E-state index is 12.0. The number of carbonyl (C=O) groups is 1. The van der Waals surface area contributed by atoms with Gasteiger partial charge in [0.1, 0.15) is 0 Å². The van der Waals surface area contributed by atoms with Crippen LogP contribution in [0.2, 0.25) is 0 Å². The van der Waals surface area contributed by atoms with Gasteiger partial charge < -0.3 is 11.1 Å². The third kappa shape index (κ3) is 3.70. The first-order valence-corrected chi connectivity index (χ1v) is 7.45. The maximum atomic E-state index is 12.0. The number of benzene rings is 1. The number of hydrogen-bond donors (Lipinski definition) is 2. The highest BCUT2D eigenvalue weighted by molar-refractivity contribution is 7.20. The van der Waals surface area contributed by atoms with Gasteiger partial charge in [0.2, 0.25) is 0 Å². The third-order valence-electron chi connectivity index (χ3n) is 3.01. The van der Waals surface area contributed by atoms with Gasteiger partial charge in [-0.25, -0.2) is 0 Å².